The van der Waals surface area contributed by atoms with Gasteiger partial charge in [-0.3, -0.25) is 4.79 Å². The molecule has 108 valence electrons. The number of carbonyl (C=O) groups excluding carboxylic acids is 2. The Labute approximate surface area is 125 Å². The maximum atomic E-state index is 12.0. The molecule has 0 aliphatic heterocycles. The number of esters is 1. The van der Waals surface area contributed by atoms with Gasteiger partial charge in [0.2, 0.25) is 6.10 Å². The standard InChI is InChI=1S/C15H12ClNO4/c16-10-6-7-11(12(18)8-10)15(20)21-13(14(17)19)9-4-2-1-3-5-9/h1-8,13,18H,(H2,17,19). The van der Waals surface area contributed by atoms with Crippen molar-refractivity contribution in [3.8, 4) is 5.75 Å². The van der Waals surface area contributed by atoms with Crippen molar-refractivity contribution in [2.24, 2.45) is 5.73 Å². The van der Waals surface area contributed by atoms with Crippen molar-refractivity contribution in [2.75, 3.05) is 0 Å². The molecule has 0 fully saturated rings. The lowest BCUT2D eigenvalue weighted by atomic mass is 10.1. The number of phenolic OH excluding ortho intramolecular Hbond substituents is 1. The summed E-state index contributed by atoms with van der Waals surface area (Å²) in [4.78, 5) is 23.5. The number of hydrogen-bond acceptors (Lipinski definition) is 4. The lowest BCUT2D eigenvalue weighted by molar-refractivity contribution is -0.127. The molecule has 0 spiro atoms. The van der Waals surface area contributed by atoms with E-state index in [1.807, 2.05) is 0 Å². The molecule has 3 N–H and O–H groups in total. The van der Waals surface area contributed by atoms with Crippen LogP contribution in [0.4, 0.5) is 0 Å². The maximum absolute atomic E-state index is 12.0. The number of amides is 1. The molecular formula is C15H12ClNO4. The first kappa shape index (κ1) is 14.9. The van der Waals surface area contributed by atoms with Crippen LogP contribution in [0.3, 0.4) is 0 Å². The molecule has 0 heterocycles. The molecule has 5 nitrogen and oxygen atoms in total. The fourth-order valence-electron chi connectivity index (χ4n) is 1.77. The number of phenols is 1. The minimum atomic E-state index is -1.23. The van der Waals surface area contributed by atoms with Crippen molar-refractivity contribution in [3.63, 3.8) is 0 Å². The number of aromatic hydroxyl groups is 1. The Kier molecular flexibility index (Phi) is 4.45. The number of primary amides is 1. The molecular weight excluding hydrogens is 294 g/mol. The minimum absolute atomic E-state index is 0.0958. The molecule has 0 aliphatic carbocycles. The Morgan fingerprint density at radius 2 is 1.81 bits per heavy atom. The predicted octanol–water partition coefficient (Wildman–Crippen LogP) is 2.43. The summed E-state index contributed by atoms with van der Waals surface area (Å²) in [5.74, 6) is -2.00. The second-order valence-electron chi connectivity index (χ2n) is 4.26. The average molecular weight is 306 g/mol. The van der Waals surface area contributed by atoms with E-state index in [9.17, 15) is 14.7 Å². The molecule has 1 amide bonds. The smallest absolute Gasteiger partial charge is 0.343 e. The average Bonchev–Trinajstić information content (AvgIpc) is 2.45. The first-order valence-corrected chi connectivity index (χ1v) is 6.40. The van der Waals surface area contributed by atoms with Crippen LogP contribution in [0.2, 0.25) is 5.02 Å². The fourth-order valence-corrected chi connectivity index (χ4v) is 1.93. The predicted molar refractivity (Wildman–Crippen MR) is 76.9 cm³/mol. The zero-order valence-corrected chi connectivity index (χ0v) is 11.6. The van der Waals surface area contributed by atoms with Gasteiger partial charge in [0.05, 0.1) is 0 Å². The molecule has 0 aliphatic rings. The van der Waals surface area contributed by atoms with E-state index in [4.69, 9.17) is 22.1 Å². The lowest BCUT2D eigenvalue weighted by Crippen LogP contribution is -2.26. The van der Waals surface area contributed by atoms with Crippen LogP contribution in [-0.2, 0) is 9.53 Å². The third kappa shape index (κ3) is 3.52. The molecule has 6 heteroatoms. The summed E-state index contributed by atoms with van der Waals surface area (Å²) < 4.78 is 5.09. The normalized spacial score (nSPS) is 11.7. The van der Waals surface area contributed by atoms with Gasteiger partial charge in [0.15, 0.2) is 0 Å². The van der Waals surface area contributed by atoms with Crippen LogP contribution in [0.25, 0.3) is 0 Å². The number of hydrogen-bond donors (Lipinski definition) is 2. The van der Waals surface area contributed by atoms with Gasteiger partial charge >= 0.3 is 5.97 Å². The molecule has 0 bridgehead atoms. The molecule has 2 aromatic carbocycles. The van der Waals surface area contributed by atoms with E-state index in [0.29, 0.717) is 5.56 Å². The zero-order chi connectivity index (χ0) is 15.4. The highest BCUT2D eigenvalue weighted by molar-refractivity contribution is 6.30. The van der Waals surface area contributed by atoms with Gasteiger partial charge in [0.1, 0.15) is 11.3 Å². The van der Waals surface area contributed by atoms with Crippen LogP contribution in [0.15, 0.2) is 48.5 Å². The van der Waals surface area contributed by atoms with Crippen molar-refractivity contribution in [2.45, 2.75) is 6.10 Å². The molecule has 0 saturated carbocycles. The monoisotopic (exact) mass is 305 g/mol. The van der Waals surface area contributed by atoms with Crippen molar-refractivity contribution in [1.29, 1.82) is 0 Å². The van der Waals surface area contributed by atoms with Gasteiger partial charge in [0, 0.05) is 10.6 Å². The van der Waals surface area contributed by atoms with E-state index in [1.54, 1.807) is 30.3 Å². The van der Waals surface area contributed by atoms with Gasteiger partial charge < -0.3 is 15.6 Å². The highest BCUT2D eigenvalue weighted by atomic mass is 35.5. The first-order chi connectivity index (χ1) is 9.99. The van der Waals surface area contributed by atoms with Gasteiger partial charge in [-0.05, 0) is 18.2 Å². The van der Waals surface area contributed by atoms with Crippen LogP contribution >= 0.6 is 11.6 Å². The summed E-state index contributed by atoms with van der Waals surface area (Å²) in [5.41, 5.74) is 5.61. The quantitative estimate of drug-likeness (QED) is 0.849. The van der Waals surface area contributed by atoms with Gasteiger partial charge in [-0.15, -0.1) is 0 Å². The molecule has 1 atom stereocenters. The zero-order valence-electron chi connectivity index (χ0n) is 10.8. The van der Waals surface area contributed by atoms with E-state index in [0.717, 1.165) is 0 Å². The van der Waals surface area contributed by atoms with Crippen molar-refractivity contribution >= 4 is 23.5 Å². The maximum Gasteiger partial charge on any atom is 0.343 e. The van der Waals surface area contributed by atoms with Crippen molar-refractivity contribution in [3.05, 3.63) is 64.7 Å². The lowest BCUT2D eigenvalue weighted by Gasteiger charge is -2.15. The summed E-state index contributed by atoms with van der Waals surface area (Å²) in [6.07, 6.45) is -1.23. The number of halogens is 1. The summed E-state index contributed by atoms with van der Waals surface area (Å²) in [7, 11) is 0. The number of carbonyl (C=O) groups is 2. The first-order valence-electron chi connectivity index (χ1n) is 6.03. The summed E-state index contributed by atoms with van der Waals surface area (Å²) in [6, 6.07) is 12.3. The Hall–Kier alpha value is -2.53. The molecule has 0 aromatic heterocycles. The van der Waals surface area contributed by atoms with Crippen LogP contribution in [0.5, 0.6) is 5.75 Å². The SMILES string of the molecule is NC(=O)C(OC(=O)c1ccc(Cl)cc1O)c1ccccc1. The van der Waals surface area contributed by atoms with Crippen molar-refractivity contribution in [1.82, 2.24) is 0 Å². The topological polar surface area (TPSA) is 89.6 Å². The van der Waals surface area contributed by atoms with Gasteiger partial charge in [0.25, 0.3) is 5.91 Å². The highest BCUT2D eigenvalue weighted by Gasteiger charge is 2.24. The second-order valence-corrected chi connectivity index (χ2v) is 4.70. The van der Waals surface area contributed by atoms with Crippen LogP contribution in [0.1, 0.15) is 22.0 Å². The van der Waals surface area contributed by atoms with E-state index >= 15 is 0 Å². The Balaban J connectivity index is 2.25. The fraction of sp³-hybridized carbons (Fsp3) is 0.0667. The highest BCUT2D eigenvalue weighted by Crippen LogP contribution is 2.25. The van der Waals surface area contributed by atoms with Crippen LogP contribution in [0, 0.1) is 0 Å². The molecule has 0 saturated heterocycles. The van der Waals surface area contributed by atoms with E-state index in [1.165, 1.54) is 18.2 Å². The van der Waals surface area contributed by atoms with E-state index in [2.05, 4.69) is 0 Å². The number of nitrogens with two attached hydrogens (primary N) is 1. The van der Waals surface area contributed by atoms with E-state index < -0.39 is 18.0 Å². The van der Waals surface area contributed by atoms with Gasteiger partial charge in [-0.2, -0.15) is 0 Å². The number of ether oxygens (including phenoxy) is 1. The Morgan fingerprint density at radius 1 is 1.14 bits per heavy atom. The Bertz CT molecular complexity index is 673. The molecule has 21 heavy (non-hydrogen) atoms. The largest absolute Gasteiger partial charge is 0.507 e. The van der Waals surface area contributed by atoms with E-state index in [-0.39, 0.29) is 16.3 Å². The van der Waals surface area contributed by atoms with Crippen LogP contribution in [-0.4, -0.2) is 17.0 Å². The summed E-state index contributed by atoms with van der Waals surface area (Å²) in [6.45, 7) is 0. The Morgan fingerprint density at radius 3 is 2.38 bits per heavy atom. The van der Waals surface area contributed by atoms with Crippen LogP contribution < -0.4 is 5.73 Å². The third-order valence-corrected chi connectivity index (χ3v) is 3.00. The minimum Gasteiger partial charge on any atom is -0.507 e. The number of benzene rings is 2. The summed E-state index contributed by atoms with van der Waals surface area (Å²) in [5, 5.41) is 9.96. The van der Waals surface area contributed by atoms with Crippen molar-refractivity contribution < 1.29 is 19.4 Å². The molecule has 2 rings (SSSR count). The number of rotatable bonds is 4. The van der Waals surface area contributed by atoms with Gasteiger partial charge in [-0.1, -0.05) is 41.9 Å². The molecule has 1 unspecified atom stereocenters. The molecule has 0 radical (unpaired) electrons. The second kappa shape index (κ2) is 6.28. The van der Waals surface area contributed by atoms with Gasteiger partial charge in [-0.25, -0.2) is 4.79 Å². The third-order valence-electron chi connectivity index (χ3n) is 2.77. The molecule has 2 aromatic rings. The summed E-state index contributed by atoms with van der Waals surface area (Å²) >= 11 is 5.69.